The van der Waals surface area contributed by atoms with Crippen molar-refractivity contribution in [3.8, 4) is 0 Å². The third-order valence-electron chi connectivity index (χ3n) is 2.96. The fourth-order valence-electron chi connectivity index (χ4n) is 1.92. The second-order valence-corrected chi connectivity index (χ2v) is 4.56. The number of carbonyl (C=O) groups is 1. The lowest BCUT2D eigenvalue weighted by molar-refractivity contribution is -0.186. The van der Waals surface area contributed by atoms with E-state index in [-0.39, 0.29) is 5.97 Å². The van der Waals surface area contributed by atoms with E-state index in [0.717, 1.165) is 24.0 Å². The lowest BCUT2D eigenvalue weighted by Gasteiger charge is -2.20. The first-order chi connectivity index (χ1) is 8.99. The monoisotopic (exact) mass is 265 g/mol. The van der Waals surface area contributed by atoms with E-state index in [1.165, 1.54) is 5.06 Å². The highest BCUT2D eigenvalue weighted by atomic mass is 16.7. The van der Waals surface area contributed by atoms with Crippen LogP contribution in [0.15, 0.2) is 12.1 Å². The molecule has 19 heavy (non-hydrogen) atoms. The van der Waals surface area contributed by atoms with Crippen LogP contribution in [0.4, 0.5) is 11.4 Å². The summed E-state index contributed by atoms with van der Waals surface area (Å²) in [7, 11) is 1.72. The molecule has 0 aliphatic rings. The number of hydrogen-bond donors (Lipinski definition) is 2. The molecule has 0 aliphatic heterocycles. The van der Waals surface area contributed by atoms with E-state index in [1.807, 2.05) is 13.0 Å². The molecule has 0 heterocycles. The van der Waals surface area contributed by atoms with Crippen molar-refractivity contribution in [2.24, 2.45) is 0 Å². The van der Waals surface area contributed by atoms with Crippen molar-refractivity contribution in [2.45, 2.75) is 39.7 Å². The Labute approximate surface area is 114 Å². The standard InChI is InChI=1S/C14H23N3O2/c1-4-6-13(18)19-17(3)9-11-10(5-2)7-8-12(15)14(11)16/h7-8H,4-6,9,15-16H2,1-3H3. The van der Waals surface area contributed by atoms with E-state index in [9.17, 15) is 4.79 Å². The Morgan fingerprint density at radius 1 is 1.32 bits per heavy atom. The van der Waals surface area contributed by atoms with Crippen LogP contribution in [0.1, 0.15) is 37.8 Å². The molecule has 5 heteroatoms. The summed E-state index contributed by atoms with van der Waals surface area (Å²) in [4.78, 5) is 16.6. The fourth-order valence-corrected chi connectivity index (χ4v) is 1.92. The highest BCUT2D eigenvalue weighted by molar-refractivity contribution is 5.70. The van der Waals surface area contributed by atoms with Gasteiger partial charge in [0.05, 0.1) is 17.9 Å². The number of nitrogen functional groups attached to an aromatic ring is 2. The Morgan fingerprint density at radius 3 is 2.58 bits per heavy atom. The van der Waals surface area contributed by atoms with Crippen LogP contribution in [0, 0.1) is 0 Å². The molecule has 0 aromatic heterocycles. The van der Waals surface area contributed by atoms with Gasteiger partial charge in [-0.1, -0.05) is 19.9 Å². The summed E-state index contributed by atoms with van der Waals surface area (Å²) in [5, 5.41) is 1.50. The minimum absolute atomic E-state index is 0.231. The summed E-state index contributed by atoms with van der Waals surface area (Å²) in [6.45, 7) is 4.43. The van der Waals surface area contributed by atoms with Crippen LogP contribution in [0.3, 0.4) is 0 Å². The second kappa shape index (κ2) is 6.99. The zero-order valence-electron chi connectivity index (χ0n) is 11.9. The normalized spacial score (nSPS) is 10.7. The molecule has 0 amide bonds. The number of carbonyl (C=O) groups excluding carboxylic acids is 1. The molecule has 0 radical (unpaired) electrons. The molecule has 0 saturated heterocycles. The molecule has 0 spiro atoms. The van der Waals surface area contributed by atoms with Crippen LogP contribution < -0.4 is 11.5 Å². The highest BCUT2D eigenvalue weighted by Crippen LogP contribution is 2.25. The van der Waals surface area contributed by atoms with E-state index in [1.54, 1.807) is 13.1 Å². The van der Waals surface area contributed by atoms with Gasteiger partial charge < -0.3 is 16.3 Å². The molecule has 0 atom stereocenters. The summed E-state index contributed by atoms with van der Waals surface area (Å²) in [6.07, 6.45) is 2.04. The number of nitrogens with zero attached hydrogens (tertiary/aromatic N) is 1. The number of benzene rings is 1. The Balaban J connectivity index is 2.81. The van der Waals surface area contributed by atoms with Gasteiger partial charge in [-0.05, 0) is 30.0 Å². The molecule has 0 bridgehead atoms. The van der Waals surface area contributed by atoms with Crippen LogP contribution in [0.25, 0.3) is 0 Å². The smallest absolute Gasteiger partial charge is 0.325 e. The Kier molecular flexibility index (Phi) is 5.63. The summed E-state index contributed by atoms with van der Waals surface area (Å²) in [5.74, 6) is -0.231. The SMILES string of the molecule is CCCC(=O)ON(C)Cc1c(CC)ccc(N)c1N. The van der Waals surface area contributed by atoms with Gasteiger partial charge in [-0.15, -0.1) is 5.06 Å². The van der Waals surface area contributed by atoms with Gasteiger partial charge in [-0.2, -0.15) is 0 Å². The molecule has 106 valence electrons. The van der Waals surface area contributed by atoms with Gasteiger partial charge in [0.15, 0.2) is 0 Å². The van der Waals surface area contributed by atoms with E-state index in [0.29, 0.717) is 24.3 Å². The molecule has 5 nitrogen and oxygen atoms in total. The zero-order chi connectivity index (χ0) is 14.4. The maximum Gasteiger partial charge on any atom is 0.325 e. The topological polar surface area (TPSA) is 81.6 Å². The van der Waals surface area contributed by atoms with Crippen molar-refractivity contribution in [1.82, 2.24) is 5.06 Å². The zero-order valence-corrected chi connectivity index (χ0v) is 11.9. The predicted octanol–water partition coefficient (Wildman–Crippen LogP) is 2.10. The quantitative estimate of drug-likeness (QED) is 0.608. The van der Waals surface area contributed by atoms with E-state index in [4.69, 9.17) is 16.3 Å². The van der Waals surface area contributed by atoms with Crippen LogP contribution in [0.2, 0.25) is 0 Å². The van der Waals surface area contributed by atoms with E-state index < -0.39 is 0 Å². The van der Waals surface area contributed by atoms with Crippen LogP contribution in [-0.2, 0) is 22.6 Å². The molecule has 0 unspecified atom stereocenters. The molecule has 0 saturated carbocycles. The van der Waals surface area contributed by atoms with Crippen molar-refractivity contribution in [3.63, 3.8) is 0 Å². The van der Waals surface area contributed by atoms with Crippen molar-refractivity contribution in [1.29, 1.82) is 0 Å². The molecule has 0 aliphatic carbocycles. The summed E-state index contributed by atoms with van der Waals surface area (Å²) >= 11 is 0. The van der Waals surface area contributed by atoms with Crippen molar-refractivity contribution >= 4 is 17.3 Å². The van der Waals surface area contributed by atoms with Crippen LogP contribution in [0.5, 0.6) is 0 Å². The summed E-state index contributed by atoms with van der Waals surface area (Å²) < 4.78 is 0. The number of hydroxylamine groups is 2. The van der Waals surface area contributed by atoms with Crippen molar-refractivity contribution < 1.29 is 9.63 Å². The summed E-state index contributed by atoms with van der Waals surface area (Å²) in [5.41, 5.74) is 15.0. The summed E-state index contributed by atoms with van der Waals surface area (Å²) in [6, 6.07) is 3.77. The third-order valence-corrected chi connectivity index (χ3v) is 2.96. The second-order valence-electron chi connectivity index (χ2n) is 4.56. The number of aryl methyl sites for hydroxylation is 1. The minimum Gasteiger partial charge on any atom is -0.397 e. The lowest BCUT2D eigenvalue weighted by Crippen LogP contribution is -2.24. The van der Waals surface area contributed by atoms with E-state index in [2.05, 4.69) is 6.92 Å². The average Bonchev–Trinajstić information content (AvgIpc) is 2.35. The van der Waals surface area contributed by atoms with Gasteiger partial charge in [0.25, 0.3) is 0 Å². The average molecular weight is 265 g/mol. The van der Waals surface area contributed by atoms with Crippen molar-refractivity contribution in [2.75, 3.05) is 18.5 Å². The molecule has 1 aromatic rings. The third kappa shape index (κ3) is 4.13. The van der Waals surface area contributed by atoms with Gasteiger partial charge in [0.2, 0.25) is 0 Å². The van der Waals surface area contributed by atoms with E-state index >= 15 is 0 Å². The first-order valence-electron chi connectivity index (χ1n) is 6.57. The molecule has 0 fully saturated rings. The Bertz CT molecular complexity index is 447. The first kappa shape index (κ1) is 15.3. The maximum absolute atomic E-state index is 11.4. The lowest BCUT2D eigenvalue weighted by atomic mass is 10.0. The van der Waals surface area contributed by atoms with Gasteiger partial charge in [0.1, 0.15) is 0 Å². The van der Waals surface area contributed by atoms with Crippen LogP contribution in [-0.4, -0.2) is 18.1 Å². The number of hydrogen-bond acceptors (Lipinski definition) is 5. The van der Waals surface area contributed by atoms with Gasteiger partial charge >= 0.3 is 5.97 Å². The van der Waals surface area contributed by atoms with Crippen molar-refractivity contribution in [3.05, 3.63) is 23.3 Å². The van der Waals surface area contributed by atoms with Gasteiger partial charge in [0, 0.05) is 13.5 Å². The highest BCUT2D eigenvalue weighted by Gasteiger charge is 2.13. The molecule has 1 aromatic carbocycles. The molecular formula is C14H23N3O2. The molecule has 1 rings (SSSR count). The maximum atomic E-state index is 11.4. The minimum atomic E-state index is -0.231. The fraction of sp³-hybridized carbons (Fsp3) is 0.500. The first-order valence-corrected chi connectivity index (χ1v) is 6.57. The van der Waals surface area contributed by atoms with Crippen LogP contribution >= 0.6 is 0 Å². The number of anilines is 2. The number of nitrogens with two attached hydrogens (primary N) is 2. The van der Waals surface area contributed by atoms with Gasteiger partial charge in [-0.3, -0.25) is 4.79 Å². The van der Waals surface area contributed by atoms with Gasteiger partial charge in [-0.25, -0.2) is 0 Å². The largest absolute Gasteiger partial charge is 0.397 e. The Hall–Kier alpha value is -1.75. The predicted molar refractivity (Wildman–Crippen MR) is 77.1 cm³/mol. The Morgan fingerprint density at radius 2 is 2.00 bits per heavy atom. The molecular weight excluding hydrogens is 242 g/mol. The molecule has 4 N–H and O–H groups in total. The number of rotatable bonds is 6.